The minimum atomic E-state index is -0.448. The summed E-state index contributed by atoms with van der Waals surface area (Å²) in [5.41, 5.74) is 1.22. The Morgan fingerprint density at radius 3 is 2.41 bits per heavy atom. The summed E-state index contributed by atoms with van der Waals surface area (Å²) in [5, 5.41) is 10.2. The van der Waals surface area contributed by atoms with E-state index in [9.17, 15) is 5.11 Å². The number of hydrogen-bond donors (Lipinski definition) is 1. The highest BCUT2D eigenvalue weighted by atomic mass is 16.5. The first kappa shape index (κ1) is 17.3. The van der Waals surface area contributed by atoms with E-state index < -0.39 is 6.10 Å². The second-order valence-electron chi connectivity index (χ2n) is 7.31. The molecule has 1 atom stereocenters. The van der Waals surface area contributed by atoms with E-state index in [0.29, 0.717) is 13.2 Å². The van der Waals surface area contributed by atoms with Gasteiger partial charge in [0.15, 0.2) is 0 Å². The topological polar surface area (TPSA) is 35.9 Å². The normalized spacial score (nSPS) is 19.1. The van der Waals surface area contributed by atoms with Crippen LogP contribution in [0, 0.1) is 0 Å². The van der Waals surface area contributed by atoms with Crippen LogP contribution in [0.4, 0.5) is 0 Å². The summed E-state index contributed by atoms with van der Waals surface area (Å²) in [7, 11) is 2.14. The lowest BCUT2D eigenvalue weighted by molar-refractivity contribution is 0.0500. The molecule has 4 nitrogen and oxygen atoms in total. The number of likely N-dealkylation sites (N-methyl/N-ethyl adjacent to an activating group) is 1. The third kappa shape index (κ3) is 4.97. The van der Waals surface area contributed by atoms with E-state index in [1.807, 2.05) is 18.2 Å². The van der Waals surface area contributed by atoms with Gasteiger partial charge >= 0.3 is 0 Å². The molecular weight excluding hydrogens is 276 g/mol. The van der Waals surface area contributed by atoms with Crippen LogP contribution in [0.1, 0.15) is 26.3 Å². The maximum Gasteiger partial charge on any atom is 0.123 e. The van der Waals surface area contributed by atoms with Crippen LogP contribution in [0.2, 0.25) is 0 Å². The number of hydrogen-bond acceptors (Lipinski definition) is 4. The Bertz CT molecular complexity index is 462. The number of piperazine rings is 1. The predicted molar refractivity (Wildman–Crippen MR) is 90.6 cm³/mol. The monoisotopic (exact) mass is 306 g/mol. The quantitative estimate of drug-likeness (QED) is 0.902. The SMILES string of the molecule is CN1CCN(C[C@H](O)COc2ccccc2C(C)(C)C)CC1. The van der Waals surface area contributed by atoms with Gasteiger partial charge in [-0.1, -0.05) is 39.0 Å². The Hall–Kier alpha value is -1.10. The number of ether oxygens (including phenoxy) is 1. The first-order chi connectivity index (χ1) is 10.4. The van der Waals surface area contributed by atoms with Gasteiger partial charge in [0, 0.05) is 32.7 Å². The Kier molecular flexibility index (Phi) is 5.84. The van der Waals surface area contributed by atoms with Crippen molar-refractivity contribution in [1.29, 1.82) is 0 Å². The molecule has 0 saturated carbocycles. The van der Waals surface area contributed by atoms with Gasteiger partial charge in [0.05, 0.1) is 0 Å². The van der Waals surface area contributed by atoms with Crippen LogP contribution < -0.4 is 4.74 Å². The second-order valence-corrected chi connectivity index (χ2v) is 7.31. The van der Waals surface area contributed by atoms with Crippen LogP contribution >= 0.6 is 0 Å². The highest BCUT2D eigenvalue weighted by Gasteiger charge is 2.20. The van der Waals surface area contributed by atoms with Crippen molar-refractivity contribution in [3.05, 3.63) is 29.8 Å². The lowest BCUT2D eigenvalue weighted by atomic mass is 9.86. The summed E-state index contributed by atoms with van der Waals surface area (Å²) in [5.74, 6) is 0.882. The molecule has 0 bridgehead atoms. The first-order valence-electron chi connectivity index (χ1n) is 8.17. The largest absolute Gasteiger partial charge is 0.491 e. The average Bonchev–Trinajstić information content (AvgIpc) is 2.47. The van der Waals surface area contributed by atoms with E-state index in [1.54, 1.807) is 0 Å². The number of para-hydroxylation sites is 1. The summed E-state index contributed by atoms with van der Waals surface area (Å²) >= 11 is 0. The molecular formula is C18H30N2O2. The van der Waals surface area contributed by atoms with E-state index in [2.05, 4.69) is 43.7 Å². The van der Waals surface area contributed by atoms with E-state index in [4.69, 9.17) is 4.74 Å². The molecule has 1 heterocycles. The van der Waals surface area contributed by atoms with Gasteiger partial charge in [-0.15, -0.1) is 0 Å². The molecule has 1 aliphatic rings. The van der Waals surface area contributed by atoms with E-state index in [0.717, 1.165) is 31.9 Å². The molecule has 0 aromatic heterocycles. The lowest BCUT2D eigenvalue weighted by Crippen LogP contribution is -2.47. The Labute approximate surface area is 134 Å². The number of nitrogens with zero attached hydrogens (tertiary/aromatic N) is 2. The fourth-order valence-electron chi connectivity index (χ4n) is 2.78. The number of aliphatic hydroxyl groups excluding tert-OH is 1. The van der Waals surface area contributed by atoms with Crippen molar-refractivity contribution in [2.24, 2.45) is 0 Å². The minimum absolute atomic E-state index is 0.0407. The molecule has 1 aromatic rings. The van der Waals surface area contributed by atoms with Crippen LogP contribution in [0.15, 0.2) is 24.3 Å². The summed E-state index contributed by atoms with van der Waals surface area (Å²) < 4.78 is 5.90. The van der Waals surface area contributed by atoms with Gasteiger partial charge in [0.25, 0.3) is 0 Å². The van der Waals surface area contributed by atoms with Gasteiger partial charge in [-0.3, -0.25) is 4.90 Å². The fourth-order valence-corrected chi connectivity index (χ4v) is 2.78. The molecule has 22 heavy (non-hydrogen) atoms. The van der Waals surface area contributed by atoms with Crippen LogP contribution in [0.25, 0.3) is 0 Å². The molecule has 0 radical (unpaired) electrons. The Balaban J connectivity index is 1.85. The van der Waals surface area contributed by atoms with Crippen LogP contribution in [0.3, 0.4) is 0 Å². The van der Waals surface area contributed by atoms with E-state index in [1.165, 1.54) is 5.56 Å². The standard InChI is InChI=1S/C18H30N2O2/c1-18(2,3)16-7-5-6-8-17(16)22-14-15(21)13-20-11-9-19(4)10-12-20/h5-8,15,21H,9-14H2,1-4H3/t15-/m0/s1. The van der Waals surface area contributed by atoms with Crippen molar-refractivity contribution in [2.75, 3.05) is 46.4 Å². The zero-order valence-electron chi connectivity index (χ0n) is 14.4. The van der Waals surface area contributed by atoms with Gasteiger partial charge in [0.1, 0.15) is 18.5 Å². The molecule has 0 spiro atoms. The highest BCUT2D eigenvalue weighted by molar-refractivity contribution is 5.38. The molecule has 0 aliphatic carbocycles. The molecule has 0 unspecified atom stereocenters. The van der Waals surface area contributed by atoms with E-state index >= 15 is 0 Å². The number of β-amino-alcohol motifs (C(OH)–C–C–N with tert-alkyl or cyclic N) is 1. The van der Waals surface area contributed by atoms with Crippen molar-refractivity contribution in [2.45, 2.75) is 32.3 Å². The molecule has 0 amide bonds. The summed E-state index contributed by atoms with van der Waals surface area (Å²) in [4.78, 5) is 4.63. The van der Waals surface area contributed by atoms with Crippen molar-refractivity contribution in [1.82, 2.24) is 9.80 Å². The first-order valence-corrected chi connectivity index (χ1v) is 8.17. The van der Waals surface area contributed by atoms with Crippen LogP contribution in [-0.4, -0.2) is 67.4 Å². The summed E-state index contributed by atoms with van der Waals surface area (Å²) in [6.07, 6.45) is -0.448. The number of rotatable bonds is 5. The maximum atomic E-state index is 10.2. The fraction of sp³-hybridized carbons (Fsp3) is 0.667. The third-order valence-corrected chi connectivity index (χ3v) is 4.19. The zero-order valence-corrected chi connectivity index (χ0v) is 14.4. The highest BCUT2D eigenvalue weighted by Crippen LogP contribution is 2.30. The number of aliphatic hydroxyl groups is 1. The average molecular weight is 306 g/mol. The van der Waals surface area contributed by atoms with Crippen LogP contribution in [0.5, 0.6) is 5.75 Å². The molecule has 2 rings (SSSR count). The van der Waals surface area contributed by atoms with Crippen molar-refractivity contribution in [3.8, 4) is 5.75 Å². The molecule has 1 fully saturated rings. The Morgan fingerprint density at radius 1 is 1.14 bits per heavy atom. The van der Waals surface area contributed by atoms with Crippen molar-refractivity contribution in [3.63, 3.8) is 0 Å². The molecule has 4 heteroatoms. The minimum Gasteiger partial charge on any atom is -0.491 e. The van der Waals surface area contributed by atoms with E-state index in [-0.39, 0.29) is 5.41 Å². The smallest absolute Gasteiger partial charge is 0.123 e. The molecule has 1 aromatic carbocycles. The predicted octanol–water partition coefficient (Wildman–Crippen LogP) is 1.97. The van der Waals surface area contributed by atoms with Gasteiger partial charge in [-0.25, -0.2) is 0 Å². The Morgan fingerprint density at radius 2 is 1.77 bits per heavy atom. The molecule has 1 aliphatic heterocycles. The summed E-state index contributed by atoms with van der Waals surface area (Å²) in [6, 6.07) is 8.11. The van der Waals surface area contributed by atoms with Crippen LogP contribution in [-0.2, 0) is 5.41 Å². The molecule has 124 valence electrons. The zero-order chi connectivity index (χ0) is 16.2. The van der Waals surface area contributed by atoms with Crippen molar-refractivity contribution >= 4 is 0 Å². The van der Waals surface area contributed by atoms with Gasteiger partial charge < -0.3 is 14.7 Å². The van der Waals surface area contributed by atoms with Crippen molar-refractivity contribution < 1.29 is 9.84 Å². The number of benzene rings is 1. The van der Waals surface area contributed by atoms with Gasteiger partial charge in [0.2, 0.25) is 0 Å². The molecule has 1 N–H and O–H groups in total. The lowest BCUT2D eigenvalue weighted by Gasteiger charge is -2.33. The summed E-state index contributed by atoms with van der Waals surface area (Å²) in [6.45, 7) is 11.7. The van der Waals surface area contributed by atoms with Gasteiger partial charge in [-0.05, 0) is 24.1 Å². The third-order valence-electron chi connectivity index (χ3n) is 4.19. The molecule has 1 saturated heterocycles. The second kappa shape index (κ2) is 7.44. The van der Waals surface area contributed by atoms with Gasteiger partial charge in [-0.2, -0.15) is 0 Å². The maximum absolute atomic E-state index is 10.2.